The van der Waals surface area contributed by atoms with E-state index in [9.17, 15) is 13.6 Å². The maximum atomic E-state index is 13.6. The topological polar surface area (TPSA) is 79.5 Å². The predicted molar refractivity (Wildman–Crippen MR) is 109 cm³/mol. The van der Waals surface area contributed by atoms with E-state index < -0.39 is 11.6 Å². The number of carbonyl (C=O) groups excluding carboxylic acids is 1. The van der Waals surface area contributed by atoms with Crippen LogP contribution < -0.4 is 14.8 Å². The molecule has 5 rings (SSSR count). The average Bonchev–Trinajstić information content (AvgIpc) is 3.17. The standard InChI is InChI=1S/C22H22F2N4O3/c1-28-5-4-13(25-22(29)12-2-3-19-20(8-12)31-7-6-30-19)9-18(28)21-26-16-10-14(23)15(24)11-17(16)27-21/h2-3,8,10-11,13,18H,4-7,9H2,1H3,(H,25,29)(H,26,27)/t13?,18-/m1/s1. The van der Waals surface area contributed by atoms with Crippen LogP contribution in [0.25, 0.3) is 11.0 Å². The lowest BCUT2D eigenvalue weighted by molar-refractivity contribution is 0.0883. The maximum Gasteiger partial charge on any atom is 0.251 e. The number of ether oxygens (including phenoxy) is 2. The van der Waals surface area contributed by atoms with Gasteiger partial charge in [0.1, 0.15) is 19.0 Å². The van der Waals surface area contributed by atoms with E-state index in [0.29, 0.717) is 53.6 Å². The summed E-state index contributed by atoms with van der Waals surface area (Å²) in [4.78, 5) is 22.5. The molecule has 2 aromatic carbocycles. The van der Waals surface area contributed by atoms with Crippen LogP contribution in [-0.2, 0) is 0 Å². The zero-order chi connectivity index (χ0) is 21.5. The van der Waals surface area contributed by atoms with Crippen LogP contribution in [0.1, 0.15) is 35.1 Å². The molecule has 9 heteroatoms. The van der Waals surface area contributed by atoms with Crippen LogP contribution in [0.15, 0.2) is 30.3 Å². The molecule has 3 aromatic rings. The molecule has 2 aliphatic rings. The van der Waals surface area contributed by atoms with Crippen molar-refractivity contribution in [3.63, 3.8) is 0 Å². The number of aromatic amines is 1. The Morgan fingerprint density at radius 2 is 1.94 bits per heavy atom. The van der Waals surface area contributed by atoms with Gasteiger partial charge in [0.05, 0.1) is 17.1 Å². The molecule has 1 saturated heterocycles. The minimum absolute atomic E-state index is 0.0661. The van der Waals surface area contributed by atoms with Crippen molar-refractivity contribution in [1.29, 1.82) is 0 Å². The largest absolute Gasteiger partial charge is 0.486 e. The van der Waals surface area contributed by atoms with Crippen LogP contribution in [0.3, 0.4) is 0 Å². The van der Waals surface area contributed by atoms with Crippen molar-refractivity contribution in [3.05, 3.63) is 53.4 Å². The fourth-order valence-corrected chi connectivity index (χ4v) is 4.17. The van der Waals surface area contributed by atoms with E-state index in [1.807, 2.05) is 7.05 Å². The van der Waals surface area contributed by atoms with Gasteiger partial charge in [-0.2, -0.15) is 0 Å². The summed E-state index contributed by atoms with van der Waals surface area (Å²) in [5, 5.41) is 3.09. The number of hydrogen-bond donors (Lipinski definition) is 2. The first-order valence-corrected chi connectivity index (χ1v) is 10.2. The number of halogens is 2. The monoisotopic (exact) mass is 428 g/mol. The third-order valence-electron chi connectivity index (χ3n) is 5.87. The first-order chi connectivity index (χ1) is 15.0. The van der Waals surface area contributed by atoms with Gasteiger partial charge >= 0.3 is 0 Å². The first kappa shape index (κ1) is 19.7. The number of rotatable bonds is 3. The second kappa shape index (κ2) is 7.81. The molecule has 2 atom stereocenters. The molecule has 7 nitrogen and oxygen atoms in total. The number of imidazole rings is 1. The van der Waals surface area contributed by atoms with Crippen molar-refractivity contribution < 1.29 is 23.0 Å². The highest BCUT2D eigenvalue weighted by Crippen LogP contribution is 2.32. The lowest BCUT2D eigenvalue weighted by Crippen LogP contribution is -2.45. The van der Waals surface area contributed by atoms with Crippen LogP contribution in [0.2, 0.25) is 0 Å². The zero-order valence-corrected chi connectivity index (χ0v) is 17.0. The molecule has 1 aromatic heterocycles. The van der Waals surface area contributed by atoms with Crippen molar-refractivity contribution in [2.24, 2.45) is 0 Å². The minimum atomic E-state index is -0.924. The molecule has 2 N–H and O–H groups in total. The summed E-state index contributed by atoms with van der Waals surface area (Å²) in [5.41, 5.74) is 1.34. The van der Waals surface area contributed by atoms with Crippen molar-refractivity contribution in [2.75, 3.05) is 26.8 Å². The van der Waals surface area contributed by atoms with Gasteiger partial charge in [-0.05, 0) is 38.1 Å². The van der Waals surface area contributed by atoms with Crippen LogP contribution >= 0.6 is 0 Å². The van der Waals surface area contributed by atoms with E-state index in [4.69, 9.17) is 9.47 Å². The summed E-state index contributed by atoms with van der Waals surface area (Å²) < 4.78 is 38.2. The van der Waals surface area contributed by atoms with E-state index in [0.717, 1.165) is 25.1 Å². The van der Waals surface area contributed by atoms with Crippen molar-refractivity contribution in [1.82, 2.24) is 20.2 Å². The van der Waals surface area contributed by atoms with Crippen molar-refractivity contribution >= 4 is 16.9 Å². The van der Waals surface area contributed by atoms with E-state index in [-0.39, 0.29) is 18.0 Å². The average molecular weight is 428 g/mol. The fraction of sp³-hybridized carbons (Fsp3) is 0.364. The number of aromatic nitrogens is 2. The van der Waals surface area contributed by atoms with E-state index in [1.165, 1.54) is 0 Å². The number of likely N-dealkylation sites (tertiary alicyclic amines) is 1. The number of fused-ring (bicyclic) bond motifs is 2. The van der Waals surface area contributed by atoms with Gasteiger partial charge in [-0.25, -0.2) is 13.8 Å². The molecular weight excluding hydrogens is 406 g/mol. The first-order valence-electron chi connectivity index (χ1n) is 10.2. The Balaban J connectivity index is 1.32. The number of piperidine rings is 1. The molecule has 2 aliphatic heterocycles. The molecular formula is C22H22F2N4O3. The van der Waals surface area contributed by atoms with Gasteiger partial charge in [0.25, 0.3) is 5.91 Å². The Labute approximate surface area is 177 Å². The summed E-state index contributed by atoms with van der Waals surface area (Å²) in [7, 11) is 1.97. The third kappa shape index (κ3) is 3.81. The van der Waals surface area contributed by atoms with Crippen LogP contribution in [0.4, 0.5) is 8.78 Å². The molecule has 1 unspecified atom stereocenters. The SMILES string of the molecule is CN1CCC(NC(=O)c2ccc3c(c2)OCCO3)C[C@@H]1c1nc2cc(F)c(F)cc2[nH]1. The summed E-state index contributed by atoms with van der Waals surface area (Å²) in [6.45, 7) is 1.70. The maximum absolute atomic E-state index is 13.6. The van der Waals surface area contributed by atoms with Gasteiger partial charge < -0.3 is 19.8 Å². The Morgan fingerprint density at radius 3 is 2.77 bits per heavy atom. The molecule has 1 fully saturated rings. The quantitative estimate of drug-likeness (QED) is 0.670. The molecule has 0 saturated carbocycles. The molecule has 0 aliphatic carbocycles. The Morgan fingerprint density at radius 1 is 1.16 bits per heavy atom. The van der Waals surface area contributed by atoms with Gasteiger partial charge in [-0.15, -0.1) is 0 Å². The van der Waals surface area contributed by atoms with Gasteiger partial charge in [0, 0.05) is 30.3 Å². The fourth-order valence-electron chi connectivity index (χ4n) is 4.17. The normalized spacial score (nSPS) is 21.3. The smallest absolute Gasteiger partial charge is 0.251 e. The highest BCUT2D eigenvalue weighted by Gasteiger charge is 2.31. The second-order valence-electron chi connectivity index (χ2n) is 7.96. The molecule has 3 heterocycles. The molecule has 162 valence electrons. The van der Waals surface area contributed by atoms with Crippen LogP contribution in [-0.4, -0.2) is 53.6 Å². The van der Waals surface area contributed by atoms with Crippen molar-refractivity contribution in [3.8, 4) is 11.5 Å². The van der Waals surface area contributed by atoms with Gasteiger partial charge in [0.2, 0.25) is 0 Å². The van der Waals surface area contributed by atoms with Crippen LogP contribution in [0, 0.1) is 11.6 Å². The zero-order valence-electron chi connectivity index (χ0n) is 17.0. The Bertz CT molecular complexity index is 1110. The summed E-state index contributed by atoms with van der Waals surface area (Å²) in [6.07, 6.45) is 1.41. The highest BCUT2D eigenvalue weighted by molar-refractivity contribution is 5.95. The van der Waals surface area contributed by atoms with E-state index in [1.54, 1.807) is 18.2 Å². The number of nitrogens with zero attached hydrogens (tertiary/aromatic N) is 2. The highest BCUT2D eigenvalue weighted by atomic mass is 19.2. The Kier molecular flexibility index (Phi) is 4.97. The molecule has 0 bridgehead atoms. The van der Waals surface area contributed by atoms with Crippen LogP contribution in [0.5, 0.6) is 11.5 Å². The van der Waals surface area contributed by atoms with Gasteiger partial charge in [0.15, 0.2) is 23.1 Å². The molecule has 1 amide bonds. The predicted octanol–water partition coefficient (Wildman–Crippen LogP) is 3.18. The number of carbonyl (C=O) groups is 1. The number of hydrogen-bond acceptors (Lipinski definition) is 5. The minimum Gasteiger partial charge on any atom is -0.486 e. The molecule has 0 spiro atoms. The summed E-state index contributed by atoms with van der Waals surface area (Å²) in [5.74, 6) is -0.182. The van der Waals surface area contributed by atoms with E-state index >= 15 is 0 Å². The summed E-state index contributed by atoms with van der Waals surface area (Å²) in [6, 6.07) is 7.19. The third-order valence-corrected chi connectivity index (χ3v) is 5.87. The molecule has 31 heavy (non-hydrogen) atoms. The Hall–Kier alpha value is -3.20. The summed E-state index contributed by atoms with van der Waals surface area (Å²) >= 11 is 0. The number of amides is 1. The number of H-pyrrole nitrogens is 1. The number of nitrogens with one attached hydrogen (secondary N) is 2. The molecule has 0 radical (unpaired) electrons. The number of benzene rings is 2. The van der Waals surface area contributed by atoms with Gasteiger partial charge in [-0.3, -0.25) is 9.69 Å². The van der Waals surface area contributed by atoms with E-state index in [2.05, 4.69) is 20.2 Å². The van der Waals surface area contributed by atoms with Crippen molar-refractivity contribution in [2.45, 2.75) is 24.9 Å². The lowest BCUT2D eigenvalue weighted by atomic mass is 9.96. The lowest BCUT2D eigenvalue weighted by Gasteiger charge is -2.36. The second-order valence-corrected chi connectivity index (χ2v) is 7.96. The van der Waals surface area contributed by atoms with Gasteiger partial charge in [-0.1, -0.05) is 0 Å².